The van der Waals surface area contributed by atoms with Gasteiger partial charge >= 0.3 is 0 Å². The summed E-state index contributed by atoms with van der Waals surface area (Å²) in [5, 5.41) is 0. The standard InChI is InChI=1S/C23H46O6/c1-6-10-14-25-18-19-20(26-15-11-7-2)21(27-16-12-8-3)22(23(24-5)29-19)28-17-13-9-4/h19-23H,6-18H2,1-5H3/t19-,20-,21+,22-,23?/m1/s1. The van der Waals surface area contributed by atoms with E-state index in [-0.39, 0.29) is 24.4 Å². The summed E-state index contributed by atoms with van der Waals surface area (Å²) < 4.78 is 36.7. The van der Waals surface area contributed by atoms with Crippen molar-refractivity contribution < 1.29 is 28.4 Å². The first kappa shape index (κ1) is 26.8. The zero-order valence-electron chi connectivity index (χ0n) is 19.5. The fraction of sp³-hybridized carbons (Fsp3) is 1.00. The van der Waals surface area contributed by atoms with Crippen LogP contribution in [0.3, 0.4) is 0 Å². The normalized spacial score (nSPS) is 27.4. The van der Waals surface area contributed by atoms with Gasteiger partial charge in [0.1, 0.15) is 24.4 Å². The molecule has 0 aromatic carbocycles. The van der Waals surface area contributed by atoms with Gasteiger partial charge < -0.3 is 28.4 Å². The third-order valence-corrected chi connectivity index (χ3v) is 5.17. The Morgan fingerprint density at radius 2 is 1.10 bits per heavy atom. The fourth-order valence-corrected chi connectivity index (χ4v) is 3.31. The molecule has 0 N–H and O–H groups in total. The average Bonchev–Trinajstić information content (AvgIpc) is 2.73. The summed E-state index contributed by atoms with van der Waals surface area (Å²) in [4.78, 5) is 0. The van der Waals surface area contributed by atoms with Crippen molar-refractivity contribution in [3.63, 3.8) is 0 Å². The van der Waals surface area contributed by atoms with Gasteiger partial charge in [0.2, 0.25) is 0 Å². The molecule has 6 nitrogen and oxygen atoms in total. The minimum Gasteiger partial charge on any atom is -0.379 e. The molecule has 0 aromatic rings. The molecule has 29 heavy (non-hydrogen) atoms. The molecule has 1 heterocycles. The molecule has 0 spiro atoms. The van der Waals surface area contributed by atoms with Gasteiger partial charge in [-0.05, 0) is 25.7 Å². The lowest BCUT2D eigenvalue weighted by Gasteiger charge is -2.45. The van der Waals surface area contributed by atoms with Crippen LogP contribution in [0, 0.1) is 0 Å². The molecule has 0 amide bonds. The highest BCUT2D eigenvalue weighted by atomic mass is 16.7. The summed E-state index contributed by atoms with van der Waals surface area (Å²) in [6.45, 7) is 11.9. The molecule has 1 fully saturated rings. The van der Waals surface area contributed by atoms with Crippen LogP contribution in [0.2, 0.25) is 0 Å². The van der Waals surface area contributed by atoms with Gasteiger partial charge in [-0.2, -0.15) is 0 Å². The van der Waals surface area contributed by atoms with Crippen LogP contribution in [-0.2, 0) is 28.4 Å². The molecule has 1 saturated heterocycles. The maximum absolute atomic E-state index is 6.33. The highest BCUT2D eigenvalue weighted by Gasteiger charge is 2.48. The van der Waals surface area contributed by atoms with E-state index in [1.807, 2.05) is 0 Å². The Bertz CT molecular complexity index is 367. The van der Waals surface area contributed by atoms with Crippen molar-refractivity contribution in [2.24, 2.45) is 0 Å². The predicted molar refractivity (Wildman–Crippen MR) is 115 cm³/mol. The summed E-state index contributed by atoms with van der Waals surface area (Å²) in [6, 6.07) is 0. The number of rotatable bonds is 18. The predicted octanol–water partition coefficient (Wildman–Crippen LogP) is 4.73. The molecule has 0 radical (unpaired) electrons. The van der Waals surface area contributed by atoms with E-state index < -0.39 is 6.29 Å². The number of methoxy groups -OCH3 is 1. The molecular weight excluding hydrogens is 372 g/mol. The lowest BCUT2D eigenvalue weighted by Crippen LogP contribution is -2.62. The van der Waals surface area contributed by atoms with E-state index >= 15 is 0 Å². The van der Waals surface area contributed by atoms with Crippen molar-refractivity contribution in [2.45, 2.75) is 110 Å². The fourth-order valence-electron chi connectivity index (χ4n) is 3.31. The first-order valence-electron chi connectivity index (χ1n) is 11.8. The second-order valence-corrected chi connectivity index (χ2v) is 7.77. The van der Waals surface area contributed by atoms with E-state index in [1.165, 1.54) is 0 Å². The lowest BCUT2D eigenvalue weighted by molar-refractivity contribution is -0.318. The van der Waals surface area contributed by atoms with Gasteiger partial charge in [-0.3, -0.25) is 0 Å². The van der Waals surface area contributed by atoms with Crippen molar-refractivity contribution in [2.75, 3.05) is 40.1 Å². The van der Waals surface area contributed by atoms with Gasteiger partial charge in [-0.15, -0.1) is 0 Å². The second-order valence-electron chi connectivity index (χ2n) is 7.77. The van der Waals surface area contributed by atoms with E-state index in [0.29, 0.717) is 26.4 Å². The lowest BCUT2D eigenvalue weighted by atomic mass is 9.98. The monoisotopic (exact) mass is 418 g/mol. The van der Waals surface area contributed by atoms with Crippen LogP contribution in [0.5, 0.6) is 0 Å². The van der Waals surface area contributed by atoms with Crippen LogP contribution in [-0.4, -0.2) is 70.9 Å². The minimum atomic E-state index is -0.482. The third-order valence-electron chi connectivity index (χ3n) is 5.17. The Kier molecular flexibility index (Phi) is 16.1. The van der Waals surface area contributed by atoms with Crippen molar-refractivity contribution in [1.29, 1.82) is 0 Å². The molecule has 0 bridgehead atoms. The molecule has 0 saturated carbocycles. The molecule has 1 aliphatic heterocycles. The summed E-state index contributed by atoms with van der Waals surface area (Å²) in [5.41, 5.74) is 0. The number of hydrogen-bond donors (Lipinski definition) is 0. The van der Waals surface area contributed by atoms with E-state index in [0.717, 1.165) is 58.0 Å². The quantitative estimate of drug-likeness (QED) is 0.300. The summed E-state index contributed by atoms with van der Waals surface area (Å²) in [5.74, 6) is 0. The van der Waals surface area contributed by atoms with E-state index in [1.54, 1.807) is 7.11 Å². The Morgan fingerprint density at radius 3 is 1.62 bits per heavy atom. The third kappa shape index (κ3) is 10.1. The van der Waals surface area contributed by atoms with Crippen LogP contribution in [0.1, 0.15) is 79.1 Å². The molecular formula is C23H46O6. The van der Waals surface area contributed by atoms with Crippen LogP contribution in [0.4, 0.5) is 0 Å². The van der Waals surface area contributed by atoms with E-state index in [2.05, 4.69) is 27.7 Å². The smallest absolute Gasteiger partial charge is 0.186 e. The molecule has 174 valence electrons. The van der Waals surface area contributed by atoms with Crippen LogP contribution in [0.25, 0.3) is 0 Å². The van der Waals surface area contributed by atoms with Gasteiger partial charge in [0.15, 0.2) is 6.29 Å². The highest BCUT2D eigenvalue weighted by Crippen LogP contribution is 2.29. The van der Waals surface area contributed by atoms with E-state index in [4.69, 9.17) is 28.4 Å². The van der Waals surface area contributed by atoms with E-state index in [9.17, 15) is 0 Å². The highest BCUT2D eigenvalue weighted by molar-refractivity contribution is 4.93. The van der Waals surface area contributed by atoms with Gasteiger partial charge in [-0.25, -0.2) is 0 Å². The SMILES string of the molecule is CCCCOC[C@H]1OC(OC)[C@H](OCCCC)[C@@H](OCCCC)[C@@H]1OCCCC. The van der Waals surface area contributed by atoms with Crippen molar-refractivity contribution in [1.82, 2.24) is 0 Å². The van der Waals surface area contributed by atoms with Crippen LogP contribution < -0.4 is 0 Å². The first-order valence-corrected chi connectivity index (χ1v) is 11.8. The zero-order valence-corrected chi connectivity index (χ0v) is 19.5. The molecule has 6 heteroatoms. The topological polar surface area (TPSA) is 55.4 Å². The molecule has 1 rings (SSSR count). The number of hydrogen-bond acceptors (Lipinski definition) is 6. The summed E-state index contributed by atoms with van der Waals surface area (Å²) in [6.07, 6.45) is 6.96. The average molecular weight is 419 g/mol. The van der Waals surface area contributed by atoms with Crippen LogP contribution >= 0.6 is 0 Å². The molecule has 1 unspecified atom stereocenters. The molecule has 0 aromatic heterocycles. The Balaban J connectivity index is 2.92. The second kappa shape index (κ2) is 17.4. The first-order chi connectivity index (χ1) is 14.2. The van der Waals surface area contributed by atoms with Crippen LogP contribution in [0.15, 0.2) is 0 Å². The van der Waals surface area contributed by atoms with Gasteiger partial charge in [0.05, 0.1) is 6.61 Å². The van der Waals surface area contributed by atoms with Gasteiger partial charge in [0, 0.05) is 33.5 Å². The van der Waals surface area contributed by atoms with Crippen molar-refractivity contribution in [3.05, 3.63) is 0 Å². The summed E-state index contributed by atoms with van der Waals surface area (Å²) in [7, 11) is 1.66. The Labute approximate surface area is 178 Å². The maximum Gasteiger partial charge on any atom is 0.186 e. The maximum atomic E-state index is 6.33. The Morgan fingerprint density at radius 1 is 0.621 bits per heavy atom. The number of ether oxygens (including phenoxy) is 6. The minimum absolute atomic E-state index is 0.224. The summed E-state index contributed by atoms with van der Waals surface area (Å²) >= 11 is 0. The van der Waals surface area contributed by atoms with Gasteiger partial charge in [0.25, 0.3) is 0 Å². The molecule has 1 aliphatic rings. The molecule has 0 aliphatic carbocycles. The zero-order chi connectivity index (χ0) is 21.3. The Hall–Kier alpha value is -0.240. The van der Waals surface area contributed by atoms with Gasteiger partial charge in [-0.1, -0.05) is 53.4 Å². The molecule has 5 atom stereocenters. The largest absolute Gasteiger partial charge is 0.379 e. The number of unbranched alkanes of at least 4 members (excludes halogenated alkanes) is 4. The van der Waals surface area contributed by atoms with Crippen molar-refractivity contribution in [3.8, 4) is 0 Å². The van der Waals surface area contributed by atoms with Crippen molar-refractivity contribution >= 4 is 0 Å².